The van der Waals surface area contributed by atoms with Gasteiger partial charge in [-0.25, -0.2) is 9.18 Å². The van der Waals surface area contributed by atoms with Gasteiger partial charge < -0.3 is 16.0 Å². The van der Waals surface area contributed by atoms with Crippen molar-refractivity contribution in [3.63, 3.8) is 0 Å². The predicted octanol–water partition coefficient (Wildman–Crippen LogP) is 2.44. The van der Waals surface area contributed by atoms with E-state index in [2.05, 4.69) is 5.32 Å². The number of carbonyl (C=O) groups is 2. The standard InChI is InChI=1S/C21H26FN3O2/c22-17-4-2-1-3-13(17)7-16-11-25(20(27)24-16)18-14-5-12-6-15(18)10-21(8-12,9-14)19(23)26/h1-4,12,14-16,18H,5-11H2,(H2,23,26)(H,24,27). The molecule has 0 aromatic heterocycles. The number of urea groups is 1. The van der Waals surface area contributed by atoms with Crippen molar-refractivity contribution < 1.29 is 14.0 Å². The minimum Gasteiger partial charge on any atom is -0.369 e. The molecule has 0 spiro atoms. The Kier molecular flexibility index (Phi) is 3.75. The number of rotatable bonds is 4. The van der Waals surface area contributed by atoms with E-state index in [1.54, 1.807) is 12.1 Å². The Morgan fingerprint density at radius 3 is 2.59 bits per heavy atom. The monoisotopic (exact) mass is 371 g/mol. The second-order valence-electron chi connectivity index (χ2n) is 9.20. The zero-order chi connectivity index (χ0) is 18.8. The molecule has 3 unspecified atom stereocenters. The Morgan fingerprint density at radius 2 is 1.93 bits per heavy atom. The van der Waals surface area contributed by atoms with Gasteiger partial charge >= 0.3 is 6.03 Å². The molecule has 1 aliphatic heterocycles. The number of nitrogens with zero attached hydrogens (tertiary/aromatic N) is 1. The van der Waals surface area contributed by atoms with Gasteiger partial charge in [0.2, 0.25) is 5.91 Å². The van der Waals surface area contributed by atoms with E-state index in [0.717, 1.165) is 32.1 Å². The van der Waals surface area contributed by atoms with Crippen LogP contribution in [0.3, 0.4) is 0 Å². The van der Waals surface area contributed by atoms with Crippen molar-refractivity contribution in [2.45, 2.75) is 50.6 Å². The maximum absolute atomic E-state index is 14.0. The molecular formula is C21H26FN3O2. The van der Waals surface area contributed by atoms with Crippen molar-refractivity contribution in [2.75, 3.05) is 6.54 Å². The third kappa shape index (κ3) is 2.64. The molecule has 1 aromatic carbocycles. The van der Waals surface area contributed by atoms with E-state index >= 15 is 0 Å². The first-order chi connectivity index (χ1) is 12.9. The van der Waals surface area contributed by atoms with Crippen LogP contribution in [0.15, 0.2) is 24.3 Å². The highest BCUT2D eigenvalue weighted by Gasteiger charge is 2.60. The van der Waals surface area contributed by atoms with E-state index in [9.17, 15) is 14.0 Å². The van der Waals surface area contributed by atoms with Crippen LogP contribution in [0.2, 0.25) is 0 Å². The van der Waals surface area contributed by atoms with E-state index in [-0.39, 0.29) is 35.3 Å². The van der Waals surface area contributed by atoms with Crippen LogP contribution in [-0.4, -0.2) is 35.5 Å². The molecule has 4 saturated carbocycles. The van der Waals surface area contributed by atoms with Crippen molar-refractivity contribution >= 4 is 11.9 Å². The number of primary amides is 1. The van der Waals surface area contributed by atoms with E-state index in [1.165, 1.54) is 6.07 Å². The molecule has 1 saturated heterocycles. The number of carbonyl (C=O) groups excluding carboxylic acids is 2. The summed E-state index contributed by atoms with van der Waals surface area (Å²) in [5.41, 5.74) is 6.08. The molecule has 5 aliphatic rings. The average molecular weight is 371 g/mol. The van der Waals surface area contributed by atoms with Gasteiger partial charge in [0.25, 0.3) is 0 Å². The summed E-state index contributed by atoms with van der Waals surface area (Å²) in [6, 6.07) is 6.84. The zero-order valence-electron chi connectivity index (χ0n) is 15.4. The third-order valence-corrected chi connectivity index (χ3v) is 7.54. The van der Waals surface area contributed by atoms with Crippen LogP contribution in [-0.2, 0) is 11.2 Å². The highest BCUT2D eigenvalue weighted by Crippen LogP contribution is 2.61. The molecule has 5 fully saturated rings. The number of nitrogens with two attached hydrogens (primary N) is 1. The lowest BCUT2D eigenvalue weighted by Crippen LogP contribution is -2.62. The number of halogens is 1. The number of amides is 3. The first-order valence-electron chi connectivity index (χ1n) is 10.1. The summed E-state index contributed by atoms with van der Waals surface area (Å²) in [5.74, 6) is 0.932. The maximum atomic E-state index is 14.0. The molecule has 27 heavy (non-hydrogen) atoms. The van der Waals surface area contributed by atoms with Crippen molar-refractivity contribution in [2.24, 2.45) is 28.9 Å². The minimum atomic E-state index is -0.338. The van der Waals surface area contributed by atoms with Gasteiger partial charge in [0, 0.05) is 18.0 Å². The molecule has 3 atom stereocenters. The molecule has 1 heterocycles. The Labute approximate surface area is 158 Å². The Hall–Kier alpha value is -2.11. The molecule has 4 bridgehead atoms. The Morgan fingerprint density at radius 1 is 1.22 bits per heavy atom. The van der Waals surface area contributed by atoms with E-state index < -0.39 is 0 Å². The first kappa shape index (κ1) is 17.0. The van der Waals surface area contributed by atoms with Gasteiger partial charge in [-0.05, 0) is 67.9 Å². The minimum absolute atomic E-state index is 0.0399. The molecule has 4 aliphatic carbocycles. The van der Waals surface area contributed by atoms with Gasteiger partial charge in [0.05, 0.1) is 6.04 Å². The fourth-order valence-electron chi connectivity index (χ4n) is 6.73. The van der Waals surface area contributed by atoms with Gasteiger partial charge in [-0.1, -0.05) is 18.2 Å². The molecule has 6 heteroatoms. The summed E-state index contributed by atoms with van der Waals surface area (Å²) in [6.07, 6.45) is 5.27. The smallest absolute Gasteiger partial charge is 0.318 e. The molecular weight excluding hydrogens is 345 g/mol. The van der Waals surface area contributed by atoms with E-state index in [4.69, 9.17) is 5.73 Å². The molecule has 1 aromatic rings. The van der Waals surface area contributed by atoms with Crippen molar-refractivity contribution in [3.05, 3.63) is 35.6 Å². The zero-order valence-corrected chi connectivity index (χ0v) is 15.4. The normalized spacial score (nSPS) is 39.7. The first-order valence-corrected chi connectivity index (χ1v) is 10.1. The number of hydrogen-bond donors (Lipinski definition) is 2. The fraction of sp³-hybridized carbons (Fsp3) is 0.619. The van der Waals surface area contributed by atoms with Crippen LogP contribution in [0.4, 0.5) is 9.18 Å². The Bertz CT molecular complexity index is 781. The lowest BCUT2D eigenvalue weighted by atomic mass is 9.47. The van der Waals surface area contributed by atoms with Crippen LogP contribution in [0.1, 0.15) is 37.7 Å². The average Bonchev–Trinajstić information content (AvgIpc) is 2.96. The third-order valence-electron chi connectivity index (χ3n) is 7.54. The van der Waals surface area contributed by atoms with Gasteiger partial charge in [-0.15, -0.1) is 0 Å². The summed E-state index contributed by atoms with van der Waals surface area (Å²) in [6.45, 7) is 0.610. The summed E-state index contributed by atoms with van der Waals surface area (Å²) >= 11 is 0. The van der Waals surface area contributed by atoms with Crippen molar-refractivity contribution in [1.29, 1.82) is 0 Å². The number of hydrogen-bond acceptors (Lipinski definition) is 2. The van der Waals surface area contributed by atoms with Crippen LogP contribution in [0, 0.1) is 29.0 Å². The van der Waals surface area contributed by atoms with Crippen LogP contribution < -0.4 is 11.1 Å². The number of nitrogens with one attached hydrogen (secondary N) is 1. The van der Waals surface area contributed by atoms with E-state index in [1.807, 2.05) is 11.0 Å². The highest BCUT2D eigenvalue weighted by molar-refractivity contribution is 5.82. The quantitative estimate of drug-likeness (QED) is 0.853. The van der Waals surface area contributed by atoms with Crippen LogP contribution in [0.5, 0.6) is 0 Å². The molecule has 3 N–H and O–H groups in total. The molecule has 6 rings (SSSR count). The van der Waals surface area contributed by atoms with Gasteiger partial charge in [-0.3, -0.25) is 4.79 Å². The lowest BCUT2D eigenvalue weighted by molar-refractivity contribution is -0.149. The van der Waals surface area contributed by atoms with E-state index in [0.29, 0.717) is 36.3 Å². The van der Waals surface area contributed by atoms with Gasteiger partial charge in [0.15, 0.2) is 0 Å². The molecule has 3 amide bonds. The largest absolute Gasteiger partial charge is 0.369 e. The van der Waals surface area contributed by atoms with Gasteiger partial charge in [-0.2, -0.15) is 0 Å². The predicted molar refractivity (Wildman–Crippen MR) is 98.1 cm³/mol. The van der Waals surface area contributed by atoms with Gasteiger partial charge in [0.1, 0.15) is 5.82 Å². The summed E-state index contributed by atoms with van der Waals surface area (Å²) in [4.78, 5) is 26.8. The molecule has 0 radical (unpaired) electrons. The second-order valence-corrected chi connectivity index (χ2v) is 9.20. The fourth-order valence-corrected chi connectivity index (χ4v) is 6.73. The van der Waals surface area contributed by atoms with Crippen LogP contribution in [0.25, 0.3) is 0 Å². The van der Waals surface area contributed by atoms with Crippen molar-refractivity contribution in [1.82, 2.24) is 10.2 Å². The summed E-state index contributed by atoms with van der Waals surface area (Å²) in [7, 11) is 0. The molecule has 144 valence electrons. The Balaban J connectivity index is 1.33. The highest BCUT2D eigenvalue weighted by atomic mass is 19.1. The lowest BCUT2D eigenvalue weighted by Gasteiger charge is -2.60. The SMILES string of the molecule is NC(=O)C12CC3CC(C1)C(N1CC(Cc4ccccc4F)NC1=O)C(C3)C2. The van der Waals surface area contributed by atoms with Crippen molar-refractivity contribution in [3.8, 4) is 0 Å². The molecule has 5 nitrogen and oxygen atoms in total. The number of benzene rings is 1. The maximum Gasteiger partial charge on any atom is 0.318 e. The van der Waals surface area contributed by atoms with Crippen LogP contribution >= 0.6 is 0 Å². The summed E-state index contributed by atoms with van der Waals surface area (Å²) < 4.78 is 14.0. The topological polar surface area (TPSA) is 75.4 Å². The second kappa shape index (κ2) is 5.94. The summed E-state index contributed by atoms with van der Waals surface area (Å²) in [5, 5.41) is 3.05.